The SMILES string of the molecule is CCN1CCOC(Cn2cncc2C(CN)C(C)C)C1. The van der Waals surface area contributed by atoms with Gasteiger partial charge in [-0.1, -0.05) is 20.8 Å². The summed E-state index contributed by atoms with van der Waals surface area (Å²) < 4.78 is 8.11. The topological polar surface area (TPSA) is 56.3 Å². The van der Waals surface area contributed by atoms with Crippen LogP contribution < -0.4 is 5.73 Å². The molecule has 5 heteroatoms. The Kier molecular flexibility index (Phi) is 5.57. The number of hydrogen-bond donors (Lipinski definition) is 1. The first-order valence-electron chi connectivity index (χ1n) is 7.69. The van der Waals surface area contributed by atoms with E-state index in [1.54, 1.807) is 0 Å². The van der Waals surface area contributed by atoms with Crippen molar-refractivity contribution >= 4 is 0 Å². The van der Waals surface area contributed by atoms with E-state index in [-0.39, 0.29) is 6.10 Å². The highest BCUT2D eigenvalue weighted by molar-refractivity contribution is 5.08. The minimum Gasteiger partial charge on any atom is -0.374 e. The van der Waals surface area contributed by atoms with Crippen LogP contribution in [0.5, 0.6) is 0 Å². The highest BCUT2D eigenvalue weighted by atomic mass is 16.5. The van der Waals surface area contributed by atoms with E-state index < -0.39 is 0 Å². The largest absolute Gasteiger partial charge is 0.374 e. The Morgan fingerprint density at radius 2 is 2.30 bits per heavy atom. The van der Waals surface area contributed by atoms with Gasteiger partial charge in [-0.05, 0) is 12.5 Å². The first-order valence-corrected chi connectivity index (χ1v) is 7.69. The molecular formula is C15H28N4O. The van der Waals surface area contributed by atoms with E-state index >= 15 is 0 Å². The Labute approximate surface area is 122 Å². The monoisotopic (exact) mass is 280 g/mol. The number of aromatic nitrogens is 2. The van der Waals surface area contributed by atoms with E-state index in [9.17, 15) is 0 Å². The smallest absolute Gasteiger partial charge is 0.0949 e. The Hall–Kier alpha value is -0.910. The van der Waals surface area contributed by atoms with Gasteiger partial charge in [-0.25, -0.2) is 4.98 Å². The van der Waals surface area contributed by atoms with E-state index in [2.05, 4.69) is 35.2 Å². The molecule has 2 N–H and O–H groups in total. The molecule has 0 aliphatic carbocycles. The van der Waals surface area contributed by atoms with Crippen LogP contribution >= 0.6 is 0 Å². The summed E-state index contributed by atoms with van der Waals surface area (Å²) in [4.78, 5) is 6.75. The number of ether oxygens (including phenoxy) is 1. The van der Waals surface area contributed by atoms with Gasteiger partial charge in [0.05, 0.1) is 25.6 Å². The van der Waals surface area contributed by atoms with Gasteiger partial charge in [-0.3, -0.25) is 4.90 Å². The quantitative estimate of drug-likeness (QED) is 0.853. The van der Waals surface area contributed by atoms with Crippen molar-refractivity contribution in [3.05, 3.63) is 18.2 Å². The lowest BCUT2D eigenvalue weighted by Gasteiger charge is -2.33. The third-order valence-electron chi connectivity index (χ3n) is 4.25. The van der Waals surface area contributed by atoms with Gasteiger partial charge >= 0.3 is 0 Å². The average molecular weight is 280 g/mol. The van der Waals surface area contributed by atoms with Crippen molar-refractivity contribution in [2.75, 3.05) is 32.8 Å². The van der Waals surface area contributed by atoms with Gasteiger partial charge in [-0.15, -0.1) is 0 Å². The van der Waals surface area contributed by atoms with E-state index in [1.165, 1.54) is 5.69 Å². The summed E-state index contributed by atoms with van der Waals surface area (Å²) in [6.07, 6.45) is 4.12. The molecule has 2 unspecified atom stereocenters. The molecule has 2 heterocycles. The van der Waals surface area contributed by atoms with Crippen LogP contribution in [0.15, 0.2) is 12.5 Å². The number of hydrogen-bond acceptors (Lipinski definition) is 4. The maximum Gasteiger partial charge on any atom is 0.0949 e. The molecule has 20 heavy (non-hydrogen) atoms. The molecule has 5 nitrogen and oxygen atoms in total. The lowest BCUT2D eigenvalue weighted by molar-refractivity contribution is -0.0347. The zero-order chi connectivity index (χ0) is 14.5. The van der Waals surface area contributed by atoms with Crippen molar-refractivity contribution in [2.45, 2.75) is 39.3 Å². The second kappa shape index (κ2) is 7.20. The molecule has 1 aliphatic rings. The highest BCUT2D eigenvalue weighted by Gasteiger charge is 2.23. The fourth-order valence-electron chi connectivity index (χ4n) is 2.92. The number of likely N-dealkylation sites (N-methyl/N-ethyl adjacent to an activating group) is 1. The third kappa shape index (κ3) is 3.59. The maximum atomic E-state index is 5.93. The molecule has 0 amide bonds. The number of imidazole rings is 1. The minimum absolute atomic E-state index is 0.252. The van der Waals surface area contributed by atoms with Crippen molar-refractivity contribution < 1.29 is 4.74 Å². The van der Waals surface area contributed by atoms with Crippen molar-refractivity contribution in [1.82, 2.24) is 14.5 Å². The first-order chi connectivity index (χ1) is 9.65. The summed E-state index contributed by atoms with van der Waals surface area (Å²) in [6, 6.07) is 0. The van der Waals surface area contributed by atoms with E-state index in [4.69, 9.17) is 10.5 Å². The van der Waals surface area contributed by atoms with E-state index in [0.29, 0.717) is 18.4 Å². The molecule has 0 saturated carbocycles. The summed E-state index contributed by atoms with van der Waals surface area (Å²) >= 11 is 0. The first kappa shape index (κ1) is 15.5. The lowest BCUT2D eigenvalue weighted by Crippen LogP contribution is -2.44. The van der Waals surface area contributed by atoms with Crippen LogP contribution in [0.3, 0.4) is 0 Å². The molecule has 1 aromatic heterocycles. The summed E-state index contributed by atoms with van der Waals surface area (Å²) in [5.74, 6) is 0.887. The van der Waals surface area contributed by atoms with Gasteiger partial charge < -0.3 is 15.0 Å². The van der Waals surface area contributed by atoms with Crippen LogP contribution in [0.4, 0.5) is 0 Å². The zero-order valence-corrected chi connectivity index (χ0v) is 13.0. The number of rotatable bonds is 6. The van der Waals surface area contributed by atoms with Crippen LogP contribution in [0.2, 0.25) is 0 Å². The fourth-order valence-corrected chi connectivity index (χ4v) is 2.92. The molecule has 0 spiro atoms. The molecule has 1 saturated heterocycles. The number of nitrogens with two attached hydrogens (primary N) is 1. The van der Waals surface area contributed by atoms with Crippen molar-refractivity contribution in [3.8, 4) is 0 Å². The lowest BCUT2D eigenvalue weighted by atomic mass is 9.93. The predicted molar refractivity (Wildman–Crippen MR) is 80.7 cm³/mol. The third-order valence-corrected chi connectivity index (χ3v) is 4.25. The average Bonchev–Trinajstić information content (AvgIpc) is 2.87. The molecule has 0 radical (unpaired) electrons. The van der Waals surface area contributed by atoms with Crippen molar-refractivity contribution in [1.29, 1.82) is 0 Å². The normalized spacial score (nSPS) is 22.4. The van der Waals surface area contributed by atoms with Gasteiger partial charge in [0.15, 0.2) is 0 Å². The molecule has 2 rings (SSSR count). The molecule has 1 aromatic rings. The van der Waals surface area contributed by atoms with Gasteiger partial charge in [0.1, 0.15) is 0 Å². The van der Waals surface area contributed by atoms with E-state index in [0.717, 1.165) is 32.8 Å². The Morgan fingerprint density at radius 3 is 2.95 bits per heavy atom. The van der Waals surface area contributed by atoms with Crippen LogP contribution in [-0.2, 0) is 11.3 Å². The van der Waals surface area contributed by atoms with Crippen LogP contribution in [0, 0.1) is 5.92 Å². The zero-order valence-electron chi connectivity index (χ0n) is 13.0. The van der Waals surface area contributed by atoms with Crippen LogP contribution in [0.1, 0.15) is 32.4 Å². The molecule has 0 aromatic carbocycles. The second-order valence-corrected chi connectivity index (χ2v) is 5.94. The summed E-state index contributed by atoms with van der Waals surface area (Å²) in [6.45, 7) is 12.1. The Morgan fingerprint density at radius 1 is 1.50 bits per heavy atom. The van der Waals surface area contributed by atoms with Crippen molar-refractivity contribution in [2.24, 2.45) is 11.7 Å². The second-order valence-electron chi connectivity index (χ2n) is 5.94. The van der Waals surface area contributed by atoms with Crippen LogP contribution in [-0.4, -0.2) is 53.3 Å². The Balaban J connectivity index is 2.04. The standard InChI is InChI=1S/C15H28N4O/c1-4-18-5-6-20-13(9-18)10-19-11-17-8-15(19)14(7-16)12(2)3/h8,11-14H,4-7,9-10,16H2,1-3H3. The van der Waals surface area contributed by atoms with Gasteiger partial charge in [-0.2, -0.15) is 0 Å². The minimum atomic E-state index is 0.252. The molecule has 1 aliphatic heterocycles. The van der Waals surface area contributed by atoms with Gasteiger partial charge in [0, 0.05) is 37.4 Å². The number of nitrogens with zero attached hydrogens (tertiary/aromatic N) is 3. The summed E-state index contributed by atoms with van der Waals surface area (Å²) in [7, 11) is 0. The maximum absolute atomic E-state index is 5.93. The molecule has 114 valence electrons. The Bertz CT molecular complexity index is 404. The van der Waals surface area contributed by atoms with Gasteiger partial charge in [0.2, 0.25) is 0 Å². The fraction of sp³-hybridized carbons (Fsp3) is 0.800. The highest BCUT2D eigenvalue weighted by Crippen LogP contribution is 2.23. The molecule has 1 fully saturated rings. The van der Waals surface area contributed by atoms with Crippen molar-refractivity contribution in [3.63, 3.8) is 0 Å². The summed E-state index contributed by atoms with van der Waals surface area (Å²) in [5, 5.41) is 0. The van der Waals surface area contributed by atoms with Gasteiger partial charge in [0.25, 0.3) is 0 Å². The predicted octanol–water partition coefficient (Wildman–Crippen LogP) is 1.30. The van der Waals surface area contributed by atoms with E-state index in [1.807, 2.05) is 12.5 Å². The molecular weight excluding hydrogens is 252 g/mol. The van der Waals surface area contributed by atoms with Crippen LogP contribution in [0.25, 0.3) is 0 Å². The summed E-state index contributed by atoms with van der Waals surface area (Å²) in [5.41, 5.74) is 7.17. The molecule has 0 bridgehead atoms. The molecule has 2 atom stereocenters. The number of morpholine rings is 1.